The lowest BCUT2D eigenvalue weighted by Crippen LogP contribution is -2.00. The molecule has 0 fully saturated rings. The first-order valence-electron chi connectivity index (χ1n) is 8.83. The number of anilines is 1. The Labute approximate surface area is 151 Å². The fraction of sp³-hybridized carbons (Fsp3) is 0.167. The van der Waals surface area contributed by atoms with Crippen LogP contribution in [0.1, 0.15) is 27.8 Å². The summed E-state index contributed by atoms with van der Waals surface area (Å²) >= 11 is 0. The van der Waals surface area contributed by atoms with Gasteiger partial charge in [-0.2, -0.15) is 0 Å². The molecule has 0 amide bonds. The maximum absolute atomic E-state index is 3.82. The minimum Gasteiger partial charge on any atom is -0.381 e. The molecule has 3 rings (SSSR count). The van der Waals surface area contributed by atoms with Crippen LogP contribution in [0.25, 0.3) is 6.08 Å². The van der Waals surface area contributed by atoms with Gasteiger partial charge in [-0.25, -0.2) is 0 Å². The first-order chi connectivity index (χ1) is 12.2. The van der Waals surface area contributed by atoms with E-state index in [9.17, 15) is 0 Å². The van der Waals surface area contributed by atoms with Gasteiger partial charge < -0.3 is 5.32 Å². The molecular weight excluding hydrogens is 302 g/mol. The first kappa shape index (κ1) is 17.0. The number of rotatable bonds is 7. The molecule has 0 unspecified atom stereocenters. The molecule has 0 spiro atoms. The topological polar surface area (TPSA) is 12.0 Å². The fourth-order valence-electron chi connectivity index (χ4n) is 2.85. The van der Waals surface area contributed by atoms with Gasteiger partial charge in [0.15, 0.2) is 0 Å². The molecule has 0 aliphatic carbocycles. The molecule has 3 aromatic rings. The van der Waals surface area contributed by atoms with E-state index >= 15 is 0 Å². The van der Waals surface area contributed by atoms with E-state index in [0.29, 0.717) is 0 Å². The summed E-state index contributed by atoms with van der Waals surface area (Å²) in [6.07, 6.45) is 4.04. The minimum atomic E-state index is 0.832. The maximum Gasteiger partial charge on any atom is 0.0400 e. The normalized spacial score (nSPS) is 10.4. The van der Waals surface area contributed by atoms with Gasteiger partial charge in [-0.15, -0.1) is 0 Å². The molecule has 1 N–H and O–H groups in total. The van der Waals surface area contributed by atoms with Crippen molar-refractivity contribution in [2.24, 2.45) is 0 Å². The van der Waals surface area contributed by atoms with Gasteiger partial charge in [-0.3, -0.25) is 0 Å². The summed E-state index contributed by atoms with van der Waals surface area (Å²) in [5.74, 6) is 0. The number of aryl methyl sites for hydroxylation is 3. The Balaban J connectivity index is 1.53. The summed E-state index contributed by atoms with van der Waals surface area (Å²) in [6.45, 7) is 6.78. The monoisotopic (exact) mass is 327 g/mol. The van der Waals surface area contributed by atoms with Gasteiger partial charge in [-0.05, 0) is 54.2 Å². The van der Waals surface area contributed by atoms with Gasteiger partial charge in [0.2, 0.25) is 0 Å². The van der Waals surface area contributed by atoms with E-state index in [1.165, 1.54) is 22.3 Å². The van der Waals surface area contributed by atoms with Gasteiger partial charge in [-0.1, -0.05) is 78.9 Å². The molecule has 0 heterocycles. The predicted molar refractivity (Wildman–Crippen MR) is 109 cm³/mol. The Morgan fingerprint density at radius 1 is 0.800 bits per heavy atom. The van der Waals surface area contributed by atoms with E-state index in [1.807, 2.05) is 12.1 Å². The lowest BCUT2D eigenvalue weighted by atomic mass is 10.0. The zero-order valence-corrected chi connectivity index (χ0v) is 14.8. The Kier molecular flexibility index (Phi) is 5.69. The van der Waals surface area contributed by atoms with E-state index in [1.54, 1.807) is 0 Å². The van der Waals surface area contributed by atoms with Crippen LogP contribution in [0, 0.1) is 6.92 Å². The number of benzene rings is 3. The Hall–Kier alpha value is -2.80. The van der Waals surface area contributed by atoms with Crippen molar-refractivity contribution >= 4 is 11.8 Å². The van der Waals surface area contributed by atoms with Crippen LogP contribution >= 0.6 is 0 Å². The fourth-order valence-corrected chi connectivity index (χ4v) is 2.85. The van der Waals surface area contributed by atoms with Crippen molar-refractivity contribution in [3.05, 3.63) is 107 Å². The van der Waals surface area contributed by atoms with Crippen molar-refractivity contribution in [2.75, 3.05) is 5.32 Å². The third-order valence-corrected chi connectivity index (χ3v) is 4.46. The molecule has 0 saturated heterocycles. The van der Waals surface area contributed by atoms with Crippen molar-refractivity contribution in [3.8, 4) is 0 Å². The molecule has 0 radical (unpaired) electrons. The molecule has 1 nitrogen and oxygen atoms in total. The van der Waals surface area contributed by atoms with E-state index in [-0.39, 0.29) is 0 Å². The average Bonchev–Trinajstić information content (AvgIpc) is 2.67. The van der Waals surface area contributed by atoms with E-state index in [0.717, 1.165) is 30.6 Å². The van der Waals surface area contributed by atoms with E-state index in [4.69, 9.17) is 0 Å². The molecule has 3 aromatic carbocycles. The molecule has 25 heavy (non-hydrogen) atoms. The van der Waals surface area contributed by atoms with Gasteiger partial charge in [0.25, 0.3) is 0 Å². The zero-order valence-electron chi connectivity index (χ0n) is 14.8. The van der Waals surface area contributed by atoms with Crippen LogP contribution in [0.5, 0.6) is 0 Å². The quantitative estimate of drug-likeness (QED) is 0.558. The minimum absolute atomic E-state index is 0.832. The summed E-state index contributed by atoms with van der Waals surface area (Å²) in [4.78, 5) is 0. The van der Waals surface area contributed by atoms with Gasteiger partial charge in [0, 0.05) is 12.2 Å². The van der Waals surface area contributed by atoms with Crippen LogP contribution in [-0.4, -0.2) is 0 Å². The highest BCUT2D eigenvalue weighted by Gasteiger charge is 1.99. The maximum atomic E-state index is 3.82. The summed E-state index contributed by atoms with van der Waals surface area (Å²) in [5, 5.41) is 3.47. The Morgan fingerprint density at radius 3 is 2.04 bits per heavy atom. The Morgan fingerprint density at radius 2 is 1.40 bits per heavy atom. The second-order valence-electron chi connectivity index (χ2n) is 6.49. The van der Waals surface area contributed by atoms with Crippen molar-refractivity contribution in [1.82, 2.24) is 0 Å². The van der Waals surface area contributed by atoms with Crippen LogP contribution in [0.2, 0.25) is 0 Å². The van der Waals surface area contributed by atoms with Gasteiger partial charge >= 0.3 is 0 Å². The largest absolute Gasteiger partial charge is 0.381 e. The van der Waals surface area contributed by atoms with Crippen molar-refractivity contribution in [3.63, 3.8) is 0 Å². The first-order valence-corrected chi connectivity index (χ1v) is 8.83. The lowest BCUT2D eigenvalue weighted by Gasteiger charge is -2.08. The number of nitrogens with one attached hydrogen (secondary N) is 1. The van der Waals surface area contributed by atoms with Crippen molar-refractivity contribution in [2.45, 2.75) is 26.3 Å². The van der Waals surface area contributed by atoms with Crippen LogP contribution in [-0.2, 0) is 19.4 Å². The summed E-state index contributed by atoms with van der Waals surface area (Å²) in [5.41, 5.74) is 7.66. The third-order valence-electron chi connectivity index (χ3n) is 4.46. The van der Waals surface area contributed by atoms with Crippen molar-refractivity contribution in [1.29, 1.82) is 0 Å². The highest BCUT2D eigenvalue weighted by Crippen LogP contribution is 2.14. The average molecular weight is 327 g/mol. The SMILES string of the molecule is C=Cc1cccc(NCc2ccc(CCc3ccc(C)cc3)cc2)c1. The third kappa shape index (κ3) is 5.09. The molecule has 126 valence electrons. The predicted octanol–water partition coefficient (Wildman–Crippen LogP) is 6.04. The lowest BCUT2D eigenvalue weighted by molar-refractivity contribution is 0.956. The number of hydrogen-bond donors (Lipinski definition) is 1. The number of hydrogen-bond acceptors (Lipinski definition) is 1. The Bertz CT molecular complexity index is 813. The van der Waals surface area contributed by atoms with Crippen molar-refractivity contribution < 1.29 is 0 Å². The highest BCUT2D eigenvalue weighted by molar-refractivity contribution is 5.56. The molecule has 0 aliphatic heterocycles. The standard InChI is InChI=1S/C24H25N/c1-3-20-5-4-6-24(17-20)25-18-23-15-13-22(14-16-23)12-11-21-9-7-19(2)8-10-21/h3-10,13-17,25H,1,11-12,18H2,2H3. The molecule has 0 aliphatic rings. The second kappa shape index (κ2) is 8.34. The molecule has 0 atom stereocenters. The van der Waals surface area contributed by atoms with E-state index < -0.39 is 0 Å². The van der Waals surface area contributed by atoms with E-state index in [2.05, 4.69) is 85.5 Å². The molecule has 0 aromatic heterocycles. The van der Waals surface area contributed by atoms with Crippen LogP contribution in [0.3, 0.4) is 0 Å². The van der Waals surface area contributed by atoms with Gasteiger partial charge in [0.05, 0.1) is 0 Å². The zero-order chi connectivity index (χ0) is 17.5. The van der Waals surface area contributed by atoms with Gasteiger partial charge in [0.1, 0.15) is 0 Å². The molecule has 0 saturated carbocycles. The van der Waals surface area contributed by atoms with Crippen LogP contribution in [0.4, 0.5) is 5.69 Å². The molecule has 1 heteroatoms. The summed E-state index contributed by atoms with van der Waals surface area (Å²) in [7, 11) is 0. The molecule has 0 bridgehead atoms. The van der Waals surface area contributed by atoms with Crippen LogP contribution < -0.4 is 5.32 Å². The summed E-state index contributed by atoms with van der Waals surface area (Å²) in [6, 6.07) is 26.0. The second-order valence-corrected chi connectivity index (χ2v) is 6.49. The molecular formula is C24H25N. The highest BCUT2D eigenvalue weighted by atomic mass is 14.9. The smallest absolute Gasteiger partial charge is 0.0400 e. The summed E-state index contributed by atoms with van der Waals surface area (Å²) < 4.78 is 0. The van der Waals surface area contributed by atoms with Crippen LogP contribution in [0.15, 0.2) is 79.4 Å².